The third-order valence-electron chi connectivity index (χ3n) is 2.59. The van der Waals surface area contributed by atoms with Crippen molar-refractivity contribution in [1.29, 1.82) is 0 Å². The van der Waals surface area contributed by atoms with Crippen molar-refractivity contribution in [3.05, 3.63) is 29.9 Å². The summed E-state index contributed by atoms with van der Waals surface area (Å²) < 4.78 is 10.5. The summed E-state index contributed by atoms with van der Waals surface area (Å²) in [6, 6.07) is 3.69. The lowest BCUT2D eigenvalue weighted by atomic mass is 10.2. The highest BCUT2D eigenvalue weighted by molar-refractivity contribution is 5.51. The molecule has 2 aromatic heterocycles. The second-order valence-corrected chi connectivity index (χ2v) is 3.98. The van der Waals surface area contributed by atoms with Gasteiger partial charge in [-0.15, -0.1) is 0 Å². The monoisotopic (exact) mass is 235 g/mol. The predicted molar refractivity (Wildman–Crippen MR) is 64.4 cm³/mol. The zero-order valence-corrected chi connectivity index (χ0v) is 10.1. The minimum atomic E-state index is -0.139. The molecule has 0 saturated carbocycles. The molecule has 0 fully saturated rings. The van der Waals surface area contributed by atoms with Gasteiger partial charge in [-0.05, 0) is 25.5 Å². The average Bonchev–Trinajstić information content (AvgIpc) is 2.93. The molecular weight excluding hydrogens is 218 g/mol. The van der Waals surface area contributed by atoms with Gasteiger partial charge in [-0.25, -0.2) is 4.98 Å². The maximum Gasteiger partial charge on any atom is 0.152 e. The molecule has 5 heteroatoms. The van der Waals surface area contributed by atoms with Crippen LogP contribution in [-0.2, 0) is 4.74 Å². The predicted octanol–water partition coefficient (Wildman–Crippen LogP) is 2.01. The first-order chi connectivity index (χ1) is 8.20. The smallest absolute Gasteiger partial charge is 0.152 e. The van der Waals surface area contributed by atoms with Gasteiger partial charge < -0.3 is 19.9 Å². The van der Waals surface area contributed by atoms with Crippen molar-refractivity contribution in [3.8, 4) is 11.5 Å². The summed E-state index contributed by atoms with van der Waals surface area (Å²) in [5.41, 5.74) is 6.82. The fourth-order valence-corrected chi connectivity index (χ4v) is 1.61. The number of methoxy groups -OCH3 is 1. The second kappa shape index (κ2) is 5.16. The summed E-state index contributed by atoms with van der Waals surface area (Å²) in [6.07, 6.45) is 2.47. The van der Waals surface area contributed by atoms with Gasteiger partial charge >= 0.3 is 0 Å². The molecule has 0 radical (unpaired) electrons. The molecule has 0 spiro atoms. The van der Waals surface area contributed by atoms with E-state index in [9.17, 15) is 0 Å². The van der Waals surface area contributed by atoms with Crippen LogP contribution in [0.5, 0.6) is 0 Å². The molecule has 5 nitrogen and oxygen atoms in total. The number of hydrogen-bond donors (Lipinski definition) is 2. The quantitative estimate of drug-likeness (QED) is 0.831. The van der Waals surface area contributed by atoms with Crippen LogP contribution < -0.4 is 5.73 Å². The molecule has 0 aromatic carbocycles. The molecule has 0 aliphatic heterocycles. The minimum Gasteiger partial charge on any atom is -0.460 e. The van der Waals surface area contributed by atoms with Crippen molar-refractivity contribution in [1.82, 2.24) is 9.97 Å². The number of aromatic nitrogens is 2. The molecule has 2 aromatic rings. The van der Waals surface area contributed by atoms with Gasteiger partial charge in [0.15, 0.2) is 5.76 Å². The molecule has 1 unspecified atom stereocenters. The molecule has 0 saturated heterocycles. The lowest BCUT2D eigenvalue weighted by Crippen LogP contribution is -2.14. The largest absolute Gasteiger partial charge is 0.460 e. The molecule has 92 valence electrons. The lowest BCUT2D eigenvalue weighted by Gasteiger charge is -2.06. The Morgan fingerprint density at radius 3 is 3.00 bits per heavy atom. The number of nitrogens with one attached hydrogen (secondary N) is 1. The number of aryl methyl sites for hydroxylation is 1. The lowest BCUT2D eigenvalue weighted by molar-refractivity contribution is 0.187. The topological polar surface area (TPSA) is 77.1 Å². The van der Waals surface area contributed by atoms with Crippen LogP contribution in [0, 0.1) is 6.92 Å². The number of rotatable bonds is 5. The summed E-state index contributed by atoms with van der Waals surface area (Å²) in [5.74, 6) is 2.41. The normalized spacial score (nSPS) is 12.9. The van der Waals surface area contributed by atoms with Gasteiger partial charge in [0.1, 0.15) is 17.3 Å². The van der Waals surface area contributed by atoms with E-state index in [-0.39, 0.29) is 6.04 Å². The van der Waals surface area contributed by atoms with E-state index in [0.29, 0.717) is 6.61 Å². The van der Waals surface area contributed by atoms with Crippen LogP contribution in [0.25, 0.3) is 11.5 Å². The third-order valence-corrected chi connectivity index (χ3v) is 2.59. The molecule has 0 amide bonds. The molecule has 2 rings (SSSR count). The maximum absolute atomic E-state index is 5.97. The third kappa shape index (κ3) is 2.75. The number of ether oxygens (including phenoxy) is 1. The van der Waals surface area contributed by atoms with Crippen molar-refractivity contribution in [2.24, 2.45) is 5.73 Å². The van der Waals surface area contributed by atoms with Crippen LogP contribution in [0.15, 0.2) is 22.7 Å². The highest BCUT2D eigenvalue weighted by Crippen LogP contribution is 2.21. The van der Waals surface area contributed by atoms with Crippen LogP contribution in [0.2, 0.25) is 0 Å². The van der Waals surface area contributed by atoms with Crippen LogP contribution in [0.1, 0.15) is 24.0 Å². The summed E-state index contributed by atoms with van der Waals surface area (Å²) >= 11 is 0. The van der Waals surface area contributed by atoms with Gasteiger partial charge in [0, 0.05) is 13.7 Å². The van der Waals surface area contributed by atoms with Crippen molar-refractivity contribution < 1.29 is 9.15 Å². The number of nitrogens with zero attached hydrogens (tertiary/aromatic N) is 1. The molecule has 0 bridgehead atoms. The van der Waals surface area contributed by atoms with Gasteiger partial charge in [-0.3, -0.25) is 0 Å². The van der Waals surface area contributed by atoms with Gasteiger partial charge in [0.2, 0.25) is 0 Å². The first-order valence-corrected chi connectivity index (χ1v) is 5.57. The van der Waals surface area contributed by atoms with E-state index in [1.54, 1.807) is 13.3 Å². The SMILES string of the molecule is COCCC(N)c1ncc(-c2ccc(C)o2)[nH]1. The summed E-state index contributed by atoms with van der Waals surface area (Å²) in [4.78, 5) is 7.42. The Bertz CT molecular complexity index is 476. The van der Waals surface area contributed by atoms with E-state index in [2.05, 4.69) is 9.97 Å². The summed E-state index contributed by atoms with van der Waals surface area (Å²) in [6.45, 7) is 2.53. The fourth-order valence-electron chi connectivity index (χ4n) is 1.61. The molecule has 0 aliphatic rings. The van der Waals surface area contributed by atoms with E-state index in [0.717, 1.165) is 29.5 Å². The van der Waals surface area contributed by atoms with Gasteiger partial charge in [-0.1, -0.05) is 0 Å². The Morgan fingerprint density at radius 1 is 1.53 bits per heavy atom. The zero-order chi connectivity index (χ0) is 12.3. The first kappa shape index (κ1) is 11.9. The van der Waals surface area contributed by atoms with Crippen LogP contribution in [-0.4, -0.2) is 23.7 Å². The molecule has 2 heterocycles. The van der Waals surface area contributed by atoms with E-state index in [1.165, 1.54) is 0 Å². The van der Waals surface area contributed by atoms with Gasteiger partial charge in [0.25, 0.3) is 0 Å². The number of imidazole rings is 1. The number of nitrogens with two attached hydrogens (primary N) is 1. The van der Waals surface area contributed by atoms with Crippen molar-refractivity contribution in [2.45, 2.75) is 19.4 Å². The number of hydrogen-bond acceptors (Lipinski definition) is 4. The summed E-state index contributed by atoms with van der Waals surface area (Å²) in [5, 5.41) is 0. The molecular formula is C12H17N3O2. The van der Waals surface area contributed by atoms with Gasteiger partial charge in [0.05, 0.1) is 12.2 Å². The Hall–Kier alpha value is -1.59. The Kier molecular flexibility index (Phi) is 3.61. The number of furan rings is 1. The first-order valence-electron chi connectivity index (χ1n) is 5.57. The van der Waals surface area contributed by atoms with E-state index >= 15 is 0 Å². The number of H-pyrrole nitrogens is 1. The van der Waals surface area contributed by atoms with Crippen LogP contribution in [0.4, 0.5) is 0 Å². The standard InChI is InChI=1S/C12H17N3O2/c1-8-3-4-11(17-8)10-7-14-12(15-10)9(13)5-6-16-2/h3-4,7,9H,5-6,13H2,1-2H3,(H,14,15). The van der Waals surface area contributed by atoms with E-state index in [1.807, 2.05) is 19.1 Å². The Balaban J connectivity index is 2.10. The molecule has 3 N–H and O–H groups in total. The summed E-state index contributed by atoms with van der Waals surface area (Å²) in [7, 11) is 1.66. The van der Waals surface area contributed by atoms with E-state index < -0.39 is 0 Å². The maximum atomic E-state index is 5.97. The zero-order valence-electron chi connectivity index (χ0n) is 10.1. The second-order valence-electron chi connectivity index (χ2n) is 3.98. The minimum absolute atomic E-state index is 0.139. The molecule has 0 aliphatic carbocycles. The molecule has 17 heavy (non-hydrogen) atoms. The highest BCUT2D eigenvalue weighted by Gasteiger charge is 2.12. The van der Waals surface area contributed by atoms with Crippen molar-refractivity contribution in [3.63, 3.8) is 0 Å². The van der Waals surface area contributed by atoms with Crippen LogP contribution >= 0.6 is 0 Å². The van der Waals surface area contributed by atoms with Crippen LogP contribution in [0.3, 0.4) is 0 Å². The van der Waals surface area contributed by atoms with Crippen molar-refractivity contribution in [2.75, 3.05) is 13.7 Å². The molecule has 1 atom stereocenters. The highest BCUT2D eigenvalue weighted by atomic mass is 16.5. The van der Waals surface area contributed by atoms with Crippen molar-refractivity contribution >= 4 is 0 Å². The fraction of sp³-hybridized carbons (Fsp3) is 0.417. The average molecular weight is 235 g/mol. The number of aromatic amines is 1. The van der Waals surface area contributed by atoms with E-state index in [4.69, 9.17) is 14.9 Å². The Morgan fingerprint density at radius 2 is 2.35 bits per heavy atom. The van der Waals surface area contributed by atoms with Gasteiger partial charge in [-0.2, -0.15) is 0 Å². The Labute approximate surface area is 100.0 Å².